The van der Waals surface area contributed by atoms with Gasteiger partial charge in [0.15, 0.2) is 0 Å². The molecule has 0 N–H and O–H groups in total. The Kier molecular flexibility index (Phi) is 6.09. The highest BCUT2D eigenvalue weighted by molar-refractivity contribution is 6.27. The Morgan fingerprint density at radius 2 is 0.574 bits per heavy atom. The first-order valence-electron chi connectivity index (χ1n) is 18.5. The zero-order valence-electron chi connectivity index (χ0n) is 29.1. The van der Waals surface area contributed by atoms with E-state index in [9.17, 15) is 0 Å². The van der Waals surface area contributed by atoms with Gasteiger partial charge < -0.3 is 8.83 Å². The van der Waals surface area contributed by atoms with Crippen molar-refractivity contribution in [2.24, 2.45) is 0 Å². The molecule has 0 saturated carbocycles. The van der Waals surface area contributed by atoms with Crippen LogP contribution in [-0.4, -0.2) is 0 Å². The van der Waals surface area contributed by atoms with Crippen molar-refractivity contribution >= 4 is 65.4 Å². The summed E-state index contributed by atoms with van der Waals surface area (Å²) in [7, 11) is 0. The van der Waals surface area contributed by atoms with E-state index in [1.807, 2.05) is 0 Å². The van der Waals surface area contributed by atoms with Crippen LogP contribution in [0.1, 0.15) is 0 Å². The third-order valence-electron chi connectivity index (χ3n) is 11.5. The van der Waals surface area contributed by atoms with Crippen LogP contribution in [0, 0.1) is 0 Å². The zero-order valence-corrected chi connectivity index (χ0v) is 29.1. The molecule has 2 nitrogen and oxygen atoms in total. The molecule has 2 aliphatic rings. The number of rotatable bonds is 4. The molecule has 2 aliphatic heterocycles. The summed E-state index contributed by atoms with van der Waals surface area (Å²) in [4.78, 5) is 0. The van der Waals surface area contributed by atoms with E-state index in [0.717, 1.165) is 55.0 Å². The van der Waals surface area contributed by atoms with Gasteiger partial charge in [0.2, 0.25) is 0 Å². The average molecular weight is 687 g/mol. The fourth-order valence-corrected chi connectivity index (χ4v) is 9.16. The van der Waals surface area contributed by atoms with Gasteiger partial charge in [0.1, 0.15) is 22.3 Å². The Bertz CT molecular complexity index is 3140. The van der Waals surface area contributed by atoms with Crippen LogP contribution in [0.25, 0.3) is 121 Å². The first kappa shape index (κ1) is 29.4. The predicted octanol–water partition coefficient (Wildman–Crippen LogP) is 15.0. The molecular weight excluding hydrogens is 657 g/mol. The largest absolute Gasteiger partial charge is 0.456 e. The third-order valence-corrected chi connectivity index (χ3v) is 11.5. The molecule has 0 amide bonds. The van der Waals surface area contributed by atoms with Gasteiger partial charge in [0, 0.05) is 21.9 Å². The molecule has 0 radical (unpaired) electrons. The normalized spacial score (nSPS) is 12.1. The van der Waals surface area contributed by atoms with Crippen molar-refractivity contribution in [3.8, 4) is 55.6 Å². The standard InChI is InChI=1S/C52H30O2/c1-3-11-31(12-4-1)33-15-7-19-37-35(33)17-9-21-39(37)41-23-27-45-49-43(41)25-29-47-51(49)52-48(53-45)30-26-44-42(24-28-46(54-47)50(44)52)40-22-10-18-36-34(16-8-20-38(36)40)32-13-5-2-6-14-32/h1-30H. The van der Waals surface area contributed by atoms with Crippen LogP contribution >= 0.6 is 0 Å². The van der Waals surface area contributed by atoms with Crippen LogP contribution in [0.3, 0.4) is 0 Å². The Labute approximate surface area is 310 Å². The third kappa shape index (κ3) is 4.11. The summed E-state index contributed by atoms with van der Waals surface area (Å²) >= 11 is 0. The number of hydrogen-bond acceptors (Lipinski definition) is 2. The van der Waals surface area contributed by atoms with Gasteiger partial charge >= 0.3 is 0 Å². The SMILES string of the molecule is c1ccc(-c2cccc3c(-c4ccc5oc6ccc7c(-c8cccc9c(-c%10ccccc%10)cccc89)ccc8oc9ccc4c5c9-c6c87)cccc23)cc1. The first-order valence-corrected chi connectivity index (χ1v) is 18.5. The van der Waals surface area contributed by atoms with E-state index in [1.54, 1.807) is 0 Å². The van der Waals surface area contributed by atoms with E-state index >= 15 is 0 Å². The lowest BCUT2D eigenvalue weighted by atomic mass is 9.85. The summed E-state index contributed by atoms with van der Waals surface area (Å²) < 4.78 is 13.6. The van der Waals surface area contributed by atoms with Gasteiger partial charge in [0.25, 0.3) is 0 Å². The van der Waals surface area contributed by atoms with Crippen LogP contribution in [0.2, 0.25) is 0 Å². The Hall–Kier alpha value is -7.16. The van der Waals surface area contributed by atoms with E-state index in [2.05, 4.69) is 182 Å². The maximum absolute atomic E-state index is 6.82. The minimum absolute atomic E-state index is 0.855. The molecule has 0 bridgehead atoms. The van der Waals surface area contributed by atoms with E-state index in [-0.39, 0.29) is 0 Å². The van der Waals surface area contributed by atoms with Crippen LogP contribution in [0.15, 0.2) is 191 Å². The molecule has 0 atom stereocenters. The van der Waals surface area contributed by atoms with Crippen molar-refractivity contribution in [1.82, 2.24) is 0 Å². The maximum Gasteiger partial charge on any atom is 0.136 e. The lowest BCUT2D eigenvalue weighted by Gasteiger charge is -2.22. The molecule has 12 rings (SSSR count). The van der Waals surface area contributed by atoms with Crippen molar-refractivity contribution in [3.63, 3.8) is 0 Å². The minimum Gasteiger partial charge on any atom is -0.456 e. The van der Waals surface area contributed by atoms with E-state index in [4.69, 9.17) is 8.83 Å². The predicted molar refractivity (Wildman–Crippen MR) is 226 cm³/mol. The highest BCUT2D eigenvalue weighted by Gasteiger charge is 2.27. The summed E-state index contributed by atoms with van der Waals surface area (Å²) in [6.07, 6.45) is 0. The molecule has 0 aliphatic carbocycles. The summed E-state index contributed by atoms with van der Waals surface area (Å²) in [6.45, 7) is 0. The number of fused-ring (bicyclic) bond motifs is 2. The van der Waals surface area contributed by atoms with Crippen LogP contribution < -0.4 is 0 Å². The molecule has 250 valence electrons. The van der Waals surface area contributed by atoms with Crippen molar-refractivity contribution in [1.29, 1.82) is 0 Å². The maximum atomic E-state index is 6.82. The molecule has 0 aromatic heterocycles. The molecule has 2 heteroatoms. The molecule has 10 aromatic rings. The van der Waals surface area contributed by atoms with E-state index in [1.165, 1.54) is 66.1 Å². The molecule has 0 fully saturated rings. The topological polar surface area (TPSA) is 26.3 Å². The summed E-state index contributed by atoms with van der Waals surface area (Å²) in [5, 5.41) is 9.41. The van der Waals surface area contributed by atoms with Gasteiger partial charge in [0.05, 0.1) is 0 Å². The minimum atomic E-state index is 0.855. The number of benzene rings is 10. The second kappa shape index (κ2) is 11.2. The van der Waals surface area contributed by atoms with Crippen molar-refractivity contribution < 1.29 is 8.83 Å². The second-order valence-corrected chi connectivity index (χ2v) is 14.3. The summed E-state index contributed by atoms with van der Waals surface area (Å²) in [6, 6.07) is 65.3. The van der Waals surface area contributed by atoms with E-state index < -0.39 is 0 Å². The lowest BCUT2D eigenvalue weighted by molar-refractivity contribution is 0.646. The Morgan fingerprint density at radius 1 is 0.222 bits per heavy atom. The van der Waals surface area contributed by atoms with Crippen molar-refractivity contribution in [2.45, 2.75) is 0 Å². The highest BCUT2D eigenvalue weighted by Crippen LogP contribution is 2.51. The van der Waals surface area contributed by atoms with Gasteiger partial charge in [-0.05, 0) is 113 Å². The highest BCUT2D eigenvalue weighted by atomic mass is 16.3. The van der Waals surface area contributed by atoms with Gasteiger partial charge in [-0.25, -0.2) is 0 Å². The van der Waals surface area contributed by atoms with Gasteiger partial charge in [-0.15, -0.1) is 0 Å². The quantitative estimate of drug-likeness (QED) is 0.136. The van der Waals surface area contributed by atoms with E-state index in [0.29, 0.717) is 0 Å². The molecule has 0 unspecified atom stereocenters. The van der Waals surface area contributed by atoms with Crippen LogP contribution in [0.4, 0.5) is 0 Å². The van der Waals surface area contributed by atoms with Gasteiger partial charge in [-0.2, -0.15) is 0 Å². The molecule has 2 heterocycles. The molecule has 10 aromatic carbocycles. The Balaban J connectivity index is 1.10. The summed E-state index contributed by atoms with van der Waals surface area (Å²) in [5.41, 5.74) is 15.3. The fraction of sp³-hybridized carbons (Fsp3) is 0. The van der Waals surface area contributed by atoms with Crippen LogP contribution in [0.5, 0.6) is 0 Å². The van der Waals surface area contributed by atoms with Crippen molar-refractivity contribution in [2.75, 3.05) is 0 Å². The lowest BCUT2D eigenvalue weighted by Crippen LogP contribution is -1.96. The molecule has 54 heavy (non-hydrogen) atoms. The second-order valence-electron chi connectivity index (χ2n) is 14.3. The summed E-state index contributed by atoms with van der Waals surface area (Å²) in [5.74, 6) is 0. The Morgan fingerprint density at radius 3 is 1.00 bits per heavy atom. The van der Waals surface area contributed by atoms with Gasteiger partial charge in [-0.3, -0.25) is 0 Å². The fourth-order valence-electron chi connectivity index (χ4n) is 9.16. The smallest absolute Gasteiger partial charge is 0.136 e. The molecule has 0 spiro atoms. The average Bonchev–Trinajstić information content (AvgIpc) is 3.24. The number of hydrogen-bond donors (Lipinski definition) is 0. The molecule has 0 saturated heterocycles. The first-order chi connectivity index (χ1) is 26.8. The van der Waals surface area contributed by atoms with Crippen molar-refractivity contribution in [3.05, 3.63) is 182 Å². The molecular formula is C52H30O2. The monoisotopic (exact) mass is 686 g/mol. The van der Waals surface area contributed by atoms with Crippen LogP contribution in [-0.2, 0) is 0 Å². The zero-order chi connectivity index (χ0) is 35.3. The van der Waals surface area contributed by atoms with Gasteiger partial charge in [-0.1, -0.05) is 146 Å².